The average Bonchev–Trinajstić information content (AvgIpc) is 2.64. The number of hydrogen-bond acceptors (Lipinski definition) is 3. The summed E-state index contributed by atoms with van der Waals surface area (Å²) < 4.78 is 0. The Hall–Kier alpha value is -2.03. The highest BCUT2D eigenvalue weighted by atomic mass is 16.1. The Morgan fingerprint density at radius 2 is 1.80 bits per heavy atom. The van der Waals surface area contributed by atoms with E-state index in [-0.39, 0.29) is 5.56 Å². The van der Waals surface area contributed by atoms with Gasteiger partial charge in [0.15, 0.2) is 0 Å². The summed E-state index contributed by atoms with van der Waals surface area (Å²) in [5.74, 6) is 0. The van der Waals surface area contributed by atoms with E-state index in [0.717, 1.165) is 11.2 Å². The molecule has 3 nitrogen and oxygen atoms in total. The van der Waals surface area contributed by atoms with Crippen LogP contribution < -0.4 is 5.56 Å². The molecule has 15 heavy (non-hydrogen) atoms. The molecule has 0 amide bonds. The van der Waals surface area contributed by atoms with Crippen molar-refractivity contribution in [3.05, 3.63) is 52.0 Å². The molecule has 0 saturated heterocycles. The Labute approximate surface area is 86.1 Å². The van der Waals surface area contributed by atoms with Crippen LogP contribution in [0.1, 0.15) is 11.3 Å². The third-order valence-electron chi connectivity index (χ3n) is 2.51. The molecule has 1 aromatic carbocycles. The van der Waals surface area contributed by atoms with E-state index in [1.54, 1.807) is 0 Å². The van der Waals surface area contributed by atoms with Gasteiger partial charge in [0.25, 0.3) is 5.56 Å². The van der Waals surface area contributed by atoms with Crippen molar-refractivity contribution in [2.75, 3.05) is 0 Å². The molecule has 0 saturated carbocycles. The molecule has 3 heteroatoms. The van der Waals surface area contributed by atoms with Crippen LogP contribution >= 0.6 is 0 Å². The number of rotatable bonds is 0. The van der Waals surface area contributed by atoms with Crippen LogP contribution in [0.5, 0.6) is 0 Å². The van der Waals surface area contributed by atoms with Crippen molar-refractivity contribution in [2.24, 2.45) is 0 Å². The summed E-state index contributed by atoms with van der Waals surface area (Å²) in [6.07, 6.45) is 4.47. The third-order valence-corrected chi connectivity index (χ3v) is 2.51. The van der Waals surface area contributed by atoms with Crippen LogP contribution in [-0.4, -0.2) is 9.97 Å². The molecule has 1 aliphatic carbocycles. The zero-order chi connectivity index (χ0) is 10.3. The first-order chi connectivity index (χ1) is 7.34. The fraction of sp³-hybridized carbons (Fsp3) is 0.0833. The largest absolute Gasteiger partial charge is 0.276 e. The van der Waals surface area contributed by atoms with E-state index >= 15 is 0 Å². The third kappa shape index (κ3) is 1.24. The molecule has 0 radical (unpaired) electrons. The van der Waals surface area contributed by atoms with Gasteiger partial charge in [0.05, 0.1) is 16.7 Å². The summed E-state index contributed by atoms with van der Waals surface area (Å²) in [7, 11) is 0. The van der Waals surface area contributed by atoms with Crippen LogP contribution in [0, 0.1) is 0 Å². The van der Waals surface area contributed by atoms with Crippen LogP contribution in [-0.2, 0) is 6.42 Å². The number of para-hydroxylation sites is 2. The average molecular weight is 196 g/mol. The van der Waals surface area contributed by atoms with E-state index in [4.69, 9.17) is 0 Å². The van der Waals surface area contributed by atoms with Gasteiger partial charge in [-0.15, -0.1) is 0 Å². The van der Waals surface area contributed by atoms with Gasteiger partial charge in [0.1, 0.15) is 0 Å². The van der Waals surface area contributed by atoms with Crippen molar-refractivity contribution in [3.8, 4) is 0 Å². The Balaban J connectivity index is 2.53. The van der Waals surface area contributed by atoms with E-state index in [2.05, 4.69) is 9.97 Å². The highest BCUT2D eigenvalue weighted by Gasteiger charge is 2.10. The predicted molar refractivity (Wildman–Crippen MR) is 58.5 cm³/mol. The lowest BCUT2D eigenvalue weighted by molar-refractivity contribution is 1.18. The smallest absolute Gasteiger partial charge is 0.267 e. The van der Waals surface area contributed by atoms with Gasteiger partial charge in [0, 0.05) is 5.56 Å². The van der Waals surface area contributed by atoms with Gasteiger partial charge in [-0.1, -0.05) is 18.2 Å². The molecule has 0 atom stereocenters. The molecule has 0 spiro atoms. The highest BCUT2D eigenvalue weighted by molar-refractivity contribution is 5.75. The molecular formula is C12H8N2O. The molecule has 0 bridgehead atoms. The standard InChI is InChI=1S/C12H8N2O/c15-12-8-4-3-7-9(8)13-10-5-1-2-6-11(10)14-12/h1-3,5-7H,4H2. The van der Waals surface area contributed by atoms with Gasteiger partial charge >= 0.3 is 0 Å². The van der Waals surface area contributed by atoms with Crippen molar-refractivity contribution in [1.82, 2.24) is 9.97 Å². The zero-order valence-electron chi connectivity index (χ0n) is 7.97. The zero-order valence-corrected chi connectivity index (χ0v) is 7.97. The van der Waals surface area contributed by atoms with Gasteiger partial charge in [0.2, 0.25) is 0 Å². The lowest BCUT2D eigenvalue weighted by Crippen LogP contribution is -2.08. The Morgan fingerprint density at radius 1 is 1.07 bits per heavy atom. The van der Waals surface area contributed by atoms with Gasteiger partial charge in [-0.3, -0.25) is 4.79 Å². The molecule has 1 heterocycles. The first-order valence-electron chi connectivity index (χ1n) is 4.81. The lowest BCUT2D eigenvalue weighted by atomic mass is 10.2. The summed E-state index contributed by atoms with van der Waals surface area (Å²) in [6, 6.07) is 7.43. The number of benzene rings is 1. The molecule has 1 aliphatic rings. The van der Waals surface area contributed by atoms with Crippen molar-refractivity contribution in [3.63, 3.8) is 0 Å². The fourth-order valence-corrected chi connectivity index (χ4v) is 1.76. The minimum absolute atomic E-state index is 0.163. The van der Waals surface area contributed by atoms with Crippen molar-refractivity contribution >= 4 is 17.1 Å². The van der Waals surface area contributed by atoms with E-state index in [1.807, 2.05) is 36.4 Å². The quantitative estimate of drug-likeness (QED) is 0.642. The van der Waals surface area contributed by atoms with Crippen LogP contribution in [0.3, 0.4) is 0 Å². The SMILES string of the molecule is O=c1nc2ccccc2nc2c1CC=C2. The van der Waals surface area contributed by atoms with E-state index in [9.17, 15) is 4.79 Å². The van der Waals surface area contributed by atoms with Crippen LogP contribution in [0.15, 0.2) is 35.1 Å². The maximum Gasteiger partial charge on any atom is 0.276 e. The summed E-state index contributed by atoms with van der Waals surface area (Å²) in [6.45, 7) is 0. The predicted octanol–water partition coefficient (Wildman–Crippen LogP) is 1.56. The second-order valence-corrected chi connectivity index (χ2v) is 3.49. The van der Waals surface area contributed by atoms with E-state index in [0.29, 0.717) is 17.5 Å². The monoisotopic (exact) mass is 196 g/mol. The molecule has 0 fully saturated rings. The topological polar surface area (TPSA) is 42.9 Å². The minimum atomic E-state index is -0.163. The van der Waals surface area contributed by atoms with Gasteiger partial charge in [-0.05, 0) is 24.6 Å². The van der Waals surface area contributed by atoms with Crippen LogP contribution in [0.2, 0.25) is 0 Å². The van der Waals surface area contributed by atoms with Crippen molar-refractivity contribution in [1.29, 1.82) is 0 Å². The Kier molecular flexibility index (Phi) is 1.65. The lowest BCUT2D eigenvalue weighted by Gasteiger charge is -1.88. The van der Waals surface area contributed by atoms with E-state index in [1.165, 1.54) is 0 Å². The molecule has 2 aromatic rings. The molecular weight excluding hydrogens is 188 g/mol. The van der Waals surface area contributed by atoms with Crippen LogP contribution in [0.4, 0.5) is 0 Å². The first kappa shape index (κ1) is 8.29. The van der Waals surface area contributed by atoms with Gasteiger partial charge in [-0.25, -0.2) is 9.97 Å². The normalized spacial score (nSPS) is 13.1. The summed E-state index contributed by atoms with van der Waals surface area (Å²) in [5.41, 5.74) is 2.72. The minimum Gasteiger partial charge on any atom is -0.267 e. The number of aromatic nitrogens is 2. The fourth-order valence-electron chi connectivity index (χ4n) is 1.76. The van der Waals surface area contributed by atoms with Crippen molar-refractivity contribution in [2.45, 2.75) is 6.42 Å². The van der Waals surface area contributed by atoms with E-state index < -0.39 is 0 Å². The summed E-state index contributed by atoms with van der Waals surface area (Å²) >= 11 is 0. The molecule has 0 N–H and O–H groups in total. The summed E-state index contributed by atoms with van der Waals surface area (Å²) in [5, 5.41) is 0. The maximum absolute atomic E-state index is 11.7. The van der Waals surface area contributed by atoms with Gasteiger partial charge < -0.3 is 0 Å². The Morgan fingerprint density at radius 3 is 2.60 bits per heavy atom. The molecule has 1 aromatic heterocycles. The highest BCUT2D eigenvalue weighted by Crippen LogP contribution is 2.14. The second-order valence-electron chi connectivity index (χ2n) is 3.49. The molecule has 72 valence electrons. The van der Waals surface area contributed by atoms with Gasteiger partial charge in [-0.2, -0.15) is 0 Å². The molecule has 3 rings (SSSR count). The Bertz CT molecular complexity index is 632. The summed E-state index contributed by atoms with van der Waals surface area (Å²) in [4.78, 5) is 20.2. The first-order valence-corrected chi connectivity index (χ1v) is 4.81. The number of nitrogens with zero attached hydrogens (tertiary/aromatic N) is 2. The number of allylic oxidation sites excluding steroid dienone is 1. The molecule has 0 aliphatic heterocycles. The molecule has 0 unspecified atom stereocenters. The number of hydrogen-bond donors (Lipinski definition) is 0. The second kappa shape index (κ2) is 2.98. The number of fused-ring (bicyclic) bond motifs is 2. The maximum atomic E-state index is 11.7. The van der Waals surface area contributed by atoms with Crippen LogP contribution in [0.25, 0.3) is 17.1 Å². The van der Waals surface area contributed by atoms with Crippen molar-refractivity contribution < 1.29 is 0 Å².